The summed E-state index contributed by atoms with van der Waals surface area (Å²) in [5, 5.41) is 11.6. The summed E-state index contributed by atoms with van der Waals surface area (Å²) < 4.78 is 5.11. The first kappa shape index (κ1) is 21.2. The van der Waals surface area contributed by atoms with E-state index in [9.17, 15) is 14.4 Å². The minimum atomic E-state index is -1.04. The molecule has 2 aromatic rings. The molecule has 0 aliphatic rings. The molecule has 0 saturated heterocycles. The highest BCUT2D eigenvalue weighted by Gasteiger charge is 2.23. The van der Waals surface area contributed by atoms with Crippen molar-refractivity contribution in [2.75, 3.05) is 6.61 Å². The van der Waals surface area contributed by atoms with Crippen molar-refractivity contribution in [1.82, 2.24) is 10.3 Å². The summed E-state index contributed by atoms with van der Waals surface area (Å²) >= 11 is 0. The number of benzene rings is 1. The van der Waals surface area contributed by atoms with Crippen LogP contribution in [0.2, 0.25) is 0 Å². The third kappa shape index (κ3) is 5.00. The summed E-state index contributed by atoms with van der Waals surface area (Å²) in [7, 11) is 0. The fraction of sp³-hybridized carbons (Fsp3) is 0.381. The molecular weight excluding hydrogens is 360 g/mol. The summed E-state index contributed by atoms with van der Waals surface area (Å²) in [6.07, 6.45) is 1.47. The van der Waals surface area contributed by atoms with Crippen LogP contribution in [0.3, 0.4) is 0 Å². The van der Waals surface area contributed by atoms with E-state index in [0.717, 1.165) is 17.5 Å². The number of rotatable bonds is 9. The van der Waals surface area contributed by atoms with Crippen molar-refractivity contribution in [2.24, 2.45) is 0 Å². The van der Waals surface area contributed by atoms with Crippen molar-refractivity contribution in [2.45, 2.75) is 46.6 Å². The Morgan fingerprint density at radius 1 is 1.21 bits per heavy atom. The smallest absolute Gasteiger partial charge is 0.341 e. The fourth-order valence-corrected chi connectivity index (χ4v) is 3.20. The maximum Gasteiger partial charge on any atom is 0.341 e. The Kier molecular flexibility index (Phi) is 6.98. The van der Waals surface area contributed by atoms with Crippen LogP contribution in [0.4, 0.5) is 0 Å². The predicted molar refractivity (Wildman–Crippen MR) is 105 cm³/mol. The second-order valence-electron chi connectivity index (χ2n) is 6.73. The molecule has 0 fully saturated rings. The average molecular weight is 386 g/mol. The first-order chi connectivity index (χ1) is 13.2. The zero-order valence-electron chi connectivity index (χ0n) is 16.6. The molecule has 1 unspecified atom stereocenters. The number of carbonyl (C=O) groups excluding carboxylic acids is 2. The second kappa shape index (κ2) is 9.21. The molecule has 1 aromatic heterocycles. The van der Waals surface area contributed by atoms with Crippen LogP contribution >= 0.6 is 0 Å². The number of amides is 1. The molecule has 0 spiro atoms. The van der Waals surface area contributed by atoms with Gasteiger partial charge >= 0.3 is 5.97 Å². The van der Waals surface area contributed by atoms with Gasteiger partial charge in [-0.05, 0) is 50.5 Å². The monoisotopic (exact) mass is 386 g/mol. The van der Waals surface area contributed by atoms with Crippen molar-refractivity contribution < 1.29 is 24.2 Å². The van der Waals surface area contributed by atoms with Gasteiger partial charge in [-0.1, -0.05) is 25.5 Å². The SMILES string of the molecule is CCCc1c(C(=O)NC(C)c2ccc(OCC(=O)O)cc2)[nH]c(C)c1C(C)=O. The number of hydrogen-bond acceptors (Lipinski definition) is 4. The van der Waals surface area contributed by atoms with Gasteiger partial charge in [0.1, 0.15) is 11.4 Å². The molecule has 1 atom stereocenters. The first-order valence-corrected chi connectivity index (χ1v) is 9.22. The van der Waals surface area contributed by atoms with Gasteiger partial charge in [0, 0.05) is 11.3 Å². The number of carboxylic acids is 1. The third-order valence-corrected chi connectivity index (χ3v) is 4.46. The number of ketones is 1. The third-order valence-electron chi connectivity index (χ3n) is 4.46. The maximum atomic E-state index is 12.8. The topological polar surface area (TPSA) is 108 Å². The van der Waals surface area contributed by atoms with Gasteiger partial charge < -0.3 is 20.1 Å². The Labute approximate surface area is 164 Å². The summed E-state index contributed by atoms with van der Waals surface area (Å²) in [6, 6.07) is 6.60. The van der Waals surface area contributed by atoms with Crippen molar-refractivity contribution in [1.29, 1.82) is 0 Å². The largest absolute Gasteiger partial charge is 0.482 e. The lowest BCUT2D eigenvalue weighted by atomic mass is 10.0. The number of nitrogens with one attached hydrogen (secondary N) is 2. The molecule has 2 rings (SSSR count). The van der Waals surface area contributed by atoms with E-state index in [-0.39, 0.29) is 17.7 Å². The lowest BCUT2D eigenvalue weighted by molar-refractivity contribution is -0.139. The van der Waals surface area contributed by atoms with Crippen LogP contribution in [0.5, 0.6) is 5.75 Å². The number of hydrogen-bond donors (Lipinski definition) is 3. The highest BCUT2D eigenvalue weighted by atomic mass is 16.5. The van der Waals surface area contributed by atoms with Crippen LogP contribution in [0, 0.1) is 6.92 Å². The lowest BCUT2D eigenvalue weighted by Gasteiger charge is -2.15. The minimum absolute atomic E-state index is 0.0544. The lowest BCUT2D eigenvalue weighted by Crippen LogP contribution is -2.28. The minimum Gasteiger partial charge on any atom is -0.482 e. The number of aryl methyl sites for hydroxylation is 1. The molecule has 3 N–H and O–H groups in total. The molecule has 0 aliphatic carbocycles. The van der Waals surface area contributed by atoms with E-state index in [1.807, 2.05) is 13.8 Å². The molecule has 0 bridgehead atoms. The summed E-state index contributed by atoms with van der Waals surface area (Å²) in [6.45, 7) is 6.76. The standard InChI is InChI=1S/C21H26N2O5/c1-5-6-17-19(14(4)24)13(3)22-20(17)21(27)23-12(2)15-7-9-16(10-8-15)28-11-18(25)26/h7-10,12,22H,5-6,11H2,1-4H3,(H,23,27)(H,25,26). The number of Topliss-reactive ketones (excluding diaryl/α,β-unsaturated/α-hetero) is 1. The van der Waals surface area contributed by atoms with Gasteiger partial charge in [-0.2, -0.15) is 0 Å². The van der Waals surface area contributed by atoms with E-state index in [1.54, 1.807) is 31.2 Å². The Morgan fingerprint density at radius 2 is 1.86 bits per heavy atom. The summed E-state index contributed by atoms with van der Waals surface area (Å²) in [5.74, 6) is -0.918. The van der Waals surface area contributed by atoms with Gasteiger partial charge in [-0.3, -0.25) is 9.59 Å². The molecule has 1 aromatic carbocycles. The molecule has 0 radical (unpaired) electrons. The van der Waals surface area contributed by atoms with Gasteiger partial charge in [-0.15, -0.1) is 0 Å². The zero-order chi connectivity index (χ0) is 20.8. The van der Waals surface area contributed by atoms with Crippen LogP contribution in [-0.2, 0) is 11.2 Å². The quantitative estimate of drug-likeness (QED) is 0.572. The van der Waals surface area contributed by atoms with Crippen LogP contribution in [0.15, 0.2) is 24.3 Å². The van der Waals surface area contributed by atoms with Crippen LogP contribution in [0.25, 0.3) is 0 Å². The highest BCUT2D eigenvalue weighted by molar-refractivity contribution is 6.02. The molecule has 28 heavy (non-hydrogen) atoms. The van der Waals surface area contributed by atoms with Crippen molar-refractivity contribution in [3.8, 4) is 5.75 Å². The molecule has 1 heterocycles. The van der Waals surface area contributed by atoms with Crippen molar-refractivity contribution in [3.05, 3.63) is 52.3 Å². The number of carboxylic acid groups (broad SMARTS) is 1. The number of aliphatic carboxylic acids is 1. The molecule has 0 saturated carbocycles. The van der Waals surface area contributed by atoms with Gasteiger partial charge in [0.05, 0.1) is 6.04 Å². The Hall–Kier alpha value is -3.09. The number of ether oxygens (including phenoxy) is 1. The maximum absolute atomic E-state index is 12.8. The number of aromatic amines is 1. The van der Waals surface area contributed by atoms with Gasteiger partial charge in [0.15, 0.2) is 12.4 Å². The molecule has 0 aliphatic heterocycles. The predicted octanol–water partition coefficient (Wildman–Crippen LogP) is 3.43. The summed E-state index contributed by atoms with van der Waals surface area (Å²) in [5.41, 5.74) is 3.34. The summed E-state index contributed by atoms with van der Waals surface area (Å²) in [4.78, 5) is 38.4. The molecule has 150 valence electrons. The van der Waals surface area contributed by atoms with E-state index < -0.39 is 12.6 Å². The number of aromatic nitrogens is 1. The second-order valence-corrected chi connectivity index (χ2v) is 6.73. The number of H-pyrrole nitrogens is 1. The zero-order valence-corrected chi connectivity index (χ0v) is 16.6. The van der Waals surface area contributed by atoms with Crippen LogP contribution < -0.4 is 10.1 Å². The first-order valence-electron chi connectivity index (χ1n) is 9.22. The highest BCUT2D eigenvalue weighted by Crippen LogP contribution is 2.23. The Bertz CT molecular complexity index is 868. The fourth-order valence-electron chi connectivity index (χ4n) is 3.20. The average Bonchev–Trinajstić information content (AvgIpc) is 2.97. The van der Waals surface area contributed by atoms with Gasteiger partial charge in [-0.25, -0.2) is 4.79 Å². The van der Waals surface area contributed by atoms with E-state index in [0.29, 0.717) is 29.1 Å². The normalized spacial score (nSPS) is 11.7. The van der Waals surface area contributed by atoms with Crippen LogP contribution in [-0.4, -0.2) is 34.4 Å². The molecule has 7 heteroatoms. The van der Waals surface area contributed by atoms with Crippen molar-refractivity contribution in [3.63, 3.8) is 0 Å². The van der Waals surface area contributed by atoms with E-state index in [2.05, 4.69) is 10.3 Å². The van der Waals surface area contributed by atoms with E-state index >= 15 is 0 Å². The van der Waals surface area contributed by atoms with E-state index in [1.165, 1.54) is 6.92 Å². The van der Waals surface area contributed by atoms with Crippen LogP contribution in [0.1, 0.15) is 70.9 Å². The van der Waals surface area contributed by atoms with E-state index in [4.69, 9.17) is 9.84 Å². The van der Waals surface area contributed by atoms with Crippen molar-refractivity contribution >= 4 is 17.7 Å². The number of carbonyl (C=O) groups is 3. The van der Waals surface area contributed by atoms with Gasteiger partial charge in [0.25, 0.3) is 5.91 Å². The molecular formula is C21H26N2O5. The Morgan fingerprint density at radius 3 is 2.39 bits per heavy atom. The molecule has 1 amide bonds. The Balaban J connectivity index is 2.15. The van der Waals surface area contributed by atoms with Gasteiger partial charge in [0.2, 0.25) is 0 Å². The molecule has 7 nitrogen and oxygen atoms in total.